The van der Waals surface area contributed by atoms with Crippen LogP contribution in [0.5, 0.6) is 5.75 Å². The normalized spacial score (nSPS) is 20.5. The largest absolute Gasteiger partial charge is 0.495 e. The highest BCUT2D eigenvalue weighted by Gasteiger charge is 2.48. The van der Waals surface area contributed by atoms with Gasteiger partial charge in [-0.15, -0.1) is 0 Å². The number of ether oxygens (including phenoxy) is 8. The molecule has 0 aromatic heterocycles. The average Bonchev–Trinajstić information content (AvgIpc) is 2.72. The zero-order valence-corrected chi connectivity index (χ0v) is 52.0. The van der Waals surface area contributed by atoms with Crippen LogP contribution in [0.15, 0.2) is 54.6 Å². The molecule has 0 radical (unpaired) electrons. The minimum atomic E-state index is -1.29. The van der Waals surface area contributed by atoms with Crippen LogP contribution in [-0.2, 0) is 89.3 Å². The van der Waals surface area contributed by atoms with Crippen molar-refractivity contribution in [2.45, 2.75) is 143 Å². The monoisotopic (exact) mass is 1230 g/mol. The van der Waals surface area contributed by atoms with Crippen LogP contribution in [0.1, 0.15) is 110 Å². The minimum absolute atomic E-state index is 0.0501. The molecule has 2 aromatic carbocycles. The highest BCUT2D eigenvalue weighted by atomic mass is 35.5. The Morgan fingerprint density at radius 1 is 0.802 bits per heavy atom. The number of esters is 2. The van der Waals surface area contributed by atoms with Gasteiger partial charge in [-0.25, -0.2) is 4.79 Å². The van der Waals surface area contributed by atoms with Gasteiger partial charge in [0.1, 0.15) is 36.1 Å². The van der Waals surface area contributed by atoms with Crippen molar-refractivity contribution in [1.29, 1.82) is 0 Å². The zero-order chi connectivity index (χ0) is 63.5. The molecule has 6 N–H and O–H groups in total. The van der Waals surface area contributed by atoms with E-state index in [1.54, 1.807) is 59.1 Å². The lowest BCUT2D eigenvalue weighted by Crippen LogP contribution is -2.54. The predicted molar refractivity (Wildman–Crippen MR) is 315 cm³/mol. The van der Waals surface area contributed by atoms with Crippen molar-refractivity contribution < 1.29 is 86.2 Å². The third-order valence-electron chi connectivity index (χ3n) is 14.3. The lowest BCUT2D eigenvalue weighted by Gasteiger charge is -2.29. The number of carbonyl (C=O) groups excluding carboxylic acids is 8. The number of epoxide rings is 1. The van der Waals surface area contributed by atoms with Gasteiger partial charge in [0, 0.05) is 58.5 Å². The molecular weight excluding hydrogens is 1140 g/mol. The molecule has 2 heterocycles. The van der Waals surface area contributed by atoms with Crippen LogP contribution < -0.4 is 31.3 Å². The second-order valence-electron chi connectivity index (χ2n) is 22.7. The first-order chi connectivity index (χ1) is 40.8. The maximum Gasteiger partial charge on any atom is 0.347 e. The summed E-state index contributed by atoms with van der Waals surface area (Å²) in [7, 11) is 3.06. The molecule has 3 unspecified atom stereocenters. The van der Waals surface area contributed by atoms with Gasteiger partial charge in [-0.3, -0.25) is 38.4 Å². The van der Waals surface area contributed by atoms with Crippen molar-refractivity contribution in [2.75, 3.05) is 80.1 Å². The third-order valence-corrected chi connectivity index (χ3v) is 14.6. The zero-order valence-electron chi connectivity index (χ0n) is 51.2. The van der Waals surface area contributed by atoms with E-state index >= 15 is 0 Å². The van der Waals surface area contributed by atoms with Crippen LogP contribution in [0, 0.1) is 23.2 Å². The summed E-state index contributed by atoms with van der Waals surface area (Å²) < 4.78 is 44.6. The Hall–Kier alpha value is -6.70. The number of aliphatic carboxylic acids is 1. The number of carboxylic acid groups (broad SMARTS) is 1. The molecule has 6 amide bonds. The molecule has 1 fully saturated rings. The molecule has 478 valence electrons. The summed E-state index contributed by atoms with van der Waals surface area (Å²) in [5.74, 6) is -6.24. The first-order valence-corrected chi connectivity index (χ1v) is 29.5. The first-order valence-electron chi connectivity index (χ1n) is 29.2. The van der Waals surface area contributed by atoms with E-state index in [1.807, 2.05) is 45.0 Å². The van der Waals surface area contributed by atoms with Crippen molar-refractivity contribution in [1.82, 2.24) is 31.5 Å². The van der Waals surface area contributed by atoms with E-state index in [0.29, 0.717) is 42.8 Å². The SMILES string of the molecule is COCCOCCOCCOCCC(=O)N(CCC(=O)O)CCC(=O)NC(C(=O)NC(C)C(=O)NCc1ccc([C@H]2O[C@@H]2C(C)[C@@H]2C/C=C/C(=O)N[C@H](Cc3ccc(OC)c(Cl)c3)C(=O)NCC(C)(C)C(=O)O[C@@H](CC(C)C)C(=O)O2)cc1)C(C)C. The number of nitrogens with zero attached hydrogens (tertiary/aromatic N) is 1. The molecule has 0 spiro atoms. The fraction of sp³-hybridized carbons (Fsp3) is 0.623. The maximum atomic E-state index is 14.0. The summed E-state index contributed by atoms with van der Waals surface area (Å²) >= 11 is 6.38. The topological polar surface area (TPSA) is 314 Å². The number of cyclic esters (lactones) is 2. The van der Waals surface area contributed by atoms with Gasteiger partial charge in [0.05, 0.1) is 82.7 Å². The molecule has 8 atom stereocenters. The quantitative estimate of drug-likeness (QED) is 0.0332. The number of amides is 6. The maximum absolute atomic E-state index is 14.0. The molecule has 24 nitrogen and oxygen atoms in total. The number of methoxy groups -OCH3 is 2. The second kappa shape index (κ2) is 36.4. The fourth-order valence-electron chi connectivity index (χ4n) is 8.97. The fourth-order valence-corrected chi connectivity index (χ4v) is 9.25. The number of rotatable bonds is 33. The molecule has 1 saturated heterocycles. The molecule has 0 aliphatic carbocycles. The number of carboxylic acids is 1. The molecule has 0 saturated carbocycles. The summed E-state index contributed by atoms with van der Waals surface area (Å²) in [6, 6.07) is 9.25. The molecule has 2 aromatic rings. The van der Waals surface area contributed by atoms with Crippen molar-refractivity contribution in [3.8, 4) is 5.75 Å². The van der Waals surface area contributed by atoms with E-state index < -0.39 is 113 Å². The summed E-state index contributed by atoms with van der Waals surface area (Å²) in [4.78, 5) is 120. The minimum Gasteiger partial charge on any atom is -0.495 e. The summed E-state index contributed by atoms with van der Waals surface area (Å²) in [6.07, 6.45) is -0.413. The number of halogens is 1. The molecule has 4 rings (SSSR count). The predicted octanol–water partition coefficient (Wildman–Crippen LogP) is 4.17. The molecule has 25 heteroatoms. The van der Waals surface area contributed by atoms with Gasteiger partial charge in [0.2, 0.25) is 35.4 Å². The van der Waals surface area contributed by atoms with Gasteiger partial charge in [0.25, 0.3) is 0 Å². The van der Waals surface area contributed by atoms with Gasteiger partial charge in [-0.1, -0.05) is 82.6 Å². The summed E-state index contributed by atoms with van der Waals surface area (Å²) in [5, 5.41) is 23.3. The average molecular weight is 1230 g/mol. The van der Waals surface area contributed by atoms with Crippen LogP contribution in [0.2, 0.25) is 5.02 Å². The van der Waals surface area contributed by atoms with Gasteiger partial charge >= 0.3 is 17.9 Å². The number of benzene rings is 2. The van der Waals surface area contributed by atoms with Crippen LogP contribution in [-0.4, -0.2) is 180 Å². The van der Waals surface area contributed by atoms with Crippen LogP contribution in [0.4, 0.5) is 0 Å². The van der Waals surface area contributed by atoms with Crippen molar-refractivity contribution in [3.63, 3.8) is 0 Å². The van der Waals surface area contributed by atoms with Gasteiger partial charge in [-0.2, -0.15) is 0 Å². The van der Waals surface area contributed by atoms with Gasteiger partial charge in [-0.05, 0) is 73.9 Å². The van der Waals surface area contributed by atoms with E-state index in [1.165, 1.54) is 25.0 Å². The van der Waals surface area contributed by atoms with E-state index in [2.05, 4.69) is 26.6 Å². The molecular formula is C61H89ClN6O18. The Labute approximate surface area is 509 Å². The van der Waals surface area contributed by atoms with Crippen LogP contribution >= 0.6 is 11.6 Å². The van der Waals surface area contributed by atoms with Crippen molar-refractivity contribution in [2.24, 2.45) is 23.2 Å². The third kappa shape index (κ3) is 25.0. The summed E-state index contributed by atoms with van der Waals surface area (Å²) in [5.41, 5.74) is 0.897. The van der Waals surface area contributed by atoms with Gasteiger partial charge < -0.3 is 74.5 Å². The van der Waals surface area contributed by atoms with Crippen molar-refractivity contribution in [3.05, 3.63) is 76.3 Å². The smallest absolute Gasteiger partial charge is 0.347 e. The van der Waals surface area contributed by atoms with Gasteiger partial charge in [0.15, 0.2) is 6.10 Å². The van der Waals surface area contributed by atoms with E-state index in [9.17, 15) is 48.3 Å². The molecule has 0 bridgehead atoms. The number of hydrogen-bond acceptors (Lipinski definition) is 17. The lowest BCUT2D eigenvalue weighted by atomic mass is 9.92. The number of nitrogens with one attached hydrogen (secondary N) is 5. The first kappa shape index (κ1) is 71.8. The molecule has 86 heavy (non-hydrogen) atoms. The van der Waals surface area contributed by atoms with Crippen LogP contribution in [0.3, 0.4) is 0 Å². The van der Waals surface area contributed by atoms with Crippen LogP contribution in [0.25, 0.3) is 0 Å². The Balaban J connectivity index is 1.33. The Bertz CT molecular complexity index is 2600. The Kier molecular flexibility index (Phi) is 30.4. The Morgan fingerprint density at radius 2 is 1.44 bits per heavy atom. The van der Waals surface area contributed by atoms with E-state index in [0.717, 1.165) is 11.1 Å². The standard InChI is InChI=1S/C61H89ClN6O18/c1-37(2)32-48-59(77)84-46(12-11-13-49(69)66-45(34-42-16-19-47(80-10)44(62)33-42)57(75)64-36-61(7,8)60(78)85-48)39(5)54-55(86-54)43-17-14-41(15-18-43)35-63-56(74)40(6)65-58(76)53(38(3)4)67-50(70)20-23-68(24-21-52(72)73)51(71)22-25-81-28-29-83-31-30-82-27-26-79-9/h11,13-19,33,37-40,45-46,48,53-55H,12,20-32,34-36H2,1-10H3,(H,63,74)(H,64,75)(H,65,76)(H,66,69)(H,67,70)(H,72,73)/b13-11+/t39?,40?,45-,46+,48+,53?,54-,55-/m1/s1. The Morgan fingerprint density at radius 3 is 2.06 bits per heavy atom. The number of carbonyl (C=O) groups is 9. The summed E-state index contributed by atoms with van der Waals surface area (Å²) in [6.45, 7) is 15.7. The van der Waals surface area contributed by atoms with E-state index in [-0.39, 0.29) is 90.4 Å². The highest BCUT2D eigenvalue weighted by Crippen LogP contribution is 2.45. The van der Waals surface area contributed by atoms with Crippen molar-refractivity contribution >= 4 is 65.0 Å². The molecule has 2 aliphatic heterocycles. The number of hydrogen-bond donors (Lipinski definition) is 6. The molecule has 2 aliphatic rings. The second-order valence-corrected chi connectivity index (χ2v) is 23.1. The highest BCUT2D eigenvalue weighted by molar-refractivity contribution is 6.32. The van der Waals surface area contributed by atoms with E-state index in [4.69, 9.17) is 49.5 Å². The lowest BCUT2D eigenvalue weighted by molar-refractivity contribution is -0.179.